The minimum atomic E-state index is -4.03. The molecule has 4 rings (SSSR count). The number of nitrogens with one attached hydrogen (secondary N) is 1. The van der Waals surface area contributed by atoms with Crippen LogP contribution in [0, 0.1) is 19.8 Å². The standard InChI is InChI=1S/C34H48N4O10S2/c1-22-19-38(23(2)21-39)34(40)30-18-27(36-49(41,42)29-14-12-28(45-7)13-15-29)11-16-31(30)47-24(3)10-8-9-17-46-32(22)20-37(6)50(43,44)33-25(4)35-48-26(33)5/h11-16,18,22-24,32,36,39H,8-10,17,19-21H2,1-7H3/t22-,23-,24+,32+/m1/s1. The first-order valence-electron chi connectivity index (χ1n) is 16.5. The number of amides is 1. The van der Waals surface area contributed by atoms with E-state index in [1.165, 1.54) is 59.8 Å². The Bertz CT molecular complexity index is 1810. The zero-order valence-corrected chi connectivity index (χ0v) is 31.2. The van der Waals surface area contributed by atoms with E-state index in [4.69, 9.17) is 18.7 Å². The molecule has 0 saturated carbocycles. The van der Waals surface area contributed by atoms with E-state index in [-0.39, 0.29) is 64.0 Å². The highest BCUT2D eigenvalue weighted by atomic mass is 32.2. The van der Waals surface area contributed by atoms with E-state index in [9.17, 15) is 26.7 Å². The zero-order chi connectivity index (χ0) is 36.8. The number of anilines is 1. The molecule has 0 bridgehead atoms. The fourth-order valence-electron chi connectivity index (χ4n) is 5.77. The number of hydrogen-bond donors (Lipinski definition) is 2. The molecular weight excluding hydrogens is 689 g/mol. The van der Waals surface area contributed by atoms with Gasteiger partial charge in [-0.2, -0.15) is 4.31 Å². The van der Waals surface area contributed by atoms with Crippen molar-refractivity contribution >= 4 is 31.6 Å². The Hall–Kier alpha value is -3.70. The van der Waals surface area contributed by atoms with Crippen molar-refractivity contribution in [3.8, 4) is 11.5 Å². The first kappa shape index (κ1) is 39.1. The largest absolute Gasteiger partial charge is 0.497 e. The van der Waals surface area contributed by atoms with Gasteiger partial charge in [-0.25, -0.2) is 16.8 Å². The van der Waals surface area contributed by atoms with Crippen LogP contribution in [0.25, 0.3) is 0 Å². The quantitative estimate of drug-likeness (QED) is 0.305. The van der Waals surface area contributed by atoms with Crippen LogP contribution >= 0.6 is 0 Å². The smallest absolute Gasteiger partial charge is 0.261 e. The lowest BCUT2D eigenvalue weighted by Crippen LogP contribution is -2.48. The second-order valence-electron chi connectivity index (χ2n) is 12.7. The van der Waals surface area contributed by atoms with Gasteiger partial charge in [0.1, 0.15) is 22.1 Å². The van der Waals surface area contributed by atoms with Crippen LogP contribution in [0.15, 0.2) is 56.8 Å². The lowest BCUT2D eigenvalue weighted by molar-refractivity contribution is -0.00835. The maximum absolute atomic E-state index is 14.4. The Balaban J connectivity index is 1.68. The third-order valence-electron chi connectivity index (χ3n) is 8.75. The van der Waals surface area contributed by atoms with E-state index in [1.807, 2.05) is 13.8 Å². The molecule has 50 heavy (non-hydrogen) atoms. The van der Waals surface area contributed by atoms with Crippen molar-refractivity contribution in [2.75, 3.05) is 45.2 Å². The van der Waals surface area contributed by atoms with Crippen molar-refractivity contribution in [3.05, 3.63) is 59.5 Å². The van der Waals surface area contributed by atoms with Crippen molar-refractivity contribution in [2.24, 2.45) is 5.92 Å². The maximum atomic E-state index is 14.4. The van der Waals surface area contributed by atoms with E-state index in [0.29, 0.717) is 25.2 Å². The van der Waals surface area contributed by atoms with Gasteiger partial charge in [0.25, 0.3) is 15.9 Å². The van der Waals surface area contributed by atoms with Crippen LogP contribution in [0.5, 0.6) is 11.5 Å². The molecule has 1 aromatic heterocycles. The number of sulfonamides is 2. The summed E-state index contributed by atoms with van der Waals surface area (Å²) in [6.45, 7) is 8.61. The molecule has 0 fully saturated rings. The number of benzene rings is 2. The molecule has 14 nitrogen and oxygen atoms in total. The van der Waals surface area contributed by atoms with E-state index in [0.717, 1.165) is 6.42 Å². The second-order valence-corrected chi connectivity index (χ2v) is 16.4. The van der Waals surface area contributed by atoms with Gasteiger partial charge in [-0.15, -0.1) is 0 Å². The molecule has 0 unspecified atom stereocenters. The van der Waals surface area contributed by atoms with Gasteiger partial charge in [-0.3, -0.25) is 9.52 Å². The van der Waals surface area contributed by atoms with E-state index < -0.39 is 44.0 Å². The highest BCUT2D eigenvalue weighted by Gasteiger charge is 2.34. The number of aromatic nitrogens is 1. The molecular formula is C34H48N4O10S2. The van der Waals surface area contributed by atoms with Crippen LogP contribution in [-0.2, 0) is 24.8 Å². The van der Waals surface area contributed by atoms with Crippen LogP contribution in [0.3, 0.4) is 0 Å². The molecule has 1 aliphatic rings. The number of nitrogens with zero attached hydrogens (tertiary/aromatic N) is 3. The maximum Gasteiger partial charge on any atom is 0.261 e. The predicted octanol–water partition coefficient (Wildman–Crippen LogP) is 4.22. The van der Waals surface area contributed by atoms with Gasteiger partial charge in [0.15, 0.2) is 5.76 Å². The predicted molar refractivity (Wildman–Crippen MR) is 186 cm³/mol. The van der Waals surface area contributed by atoms with E-state index >= 15 is 0 Å². The summed E-state index contributed by atoms with van der Waals surface area (Å²) in [6.07, 6.45) is 1.14. The molecule has 16 heteroatoms. The van der Waals surface area contributed by atoms with Gasteiger partial charge in [0.2, 0.25) is 10.0 Å². The minimum absolute atomic E-state index is 0.00302. The second kappa shape index (κ2) is 16.5. The van der Waals surface area contributed by atoms with Crippen LogP contribution in [0.2, 0.25) is 0 Å². The van der Waals surface area contributed by atoms with Crippen LogP contribution in [0.1, 0.15) is 61.8 Å². The summed E-state index contributed by atoms with van der Waals surface area (Å²) in [5, 5.41) is 14.0. The van der Waals surface area contributed by atoms with Gasteiger partial charge in [0, 0.05) is 38.3 Å². The molecule has 1 amide bonds. The van der Waals surface area contributed by atoms with Crippen LogP contribution < -0.4 is 14.2 Å². The van der Waals surface area contributed by atoms with Crippen molar-refractivity contribution in [1.29, 1.82) is 0 Å². The first-order valence-corrected chi connectivity index (χ1v) is 19.4. The Kier molecular flexibility index (Phi) is 12.9. The minimum Gasteiger partial charge on any atom is -0.497 e. The highest BCUT2D eigenvalue weighted by molar-refractivity contribution is 7.92. The van der Waals surface area contributed by atoms with Crippen molar-refractivity contribution in [1.82, 2.24) is 14.4 Å². The fourth-order valence-corrected chi connectivity index (χ4v) is 8.28. The number of methoxy groups -OCH3 is 1. The van der Waals surface area contributed by atoms with Crippen LogP contribution in [-0.4, -0.2) is 101 Å². The fraction of sp³-hybridized carbons (Fsp3) is 0.529. The number of likely N-dealkylation sites (N-methyl/N-ethyl adjacent to an activating group) is 1. The third kappa shape index (κ3) is 9.15. The van der Waals surface area contributed by atoms with E-state index in [1.54, 1.807) is 26.8 Å². The van der Waals surface area contributed by atoms with Crippen molar-refractivity contribution in [3.63, 3.8) is 0 Å². The average Bonchev–Trinajstić information content (AvgIpc) is 3.43. The normalized spacial score (nSPS) is 20.5. The number of carbonyl (C=O) groups excluding carboxylic acids is 1. The van der Waals surface area contributed by atoms with Crippen LogP contribution in [0.4, 0.5) is 5.69 Å². The van der Waals surface area contributed by atoms with Gasteiger partial charge >= 0.3 is 0 Å². The summed E-state index contributed by atoms with van der Waals surface area (Å²) < 4.78 is 80.2. The molecule has 0 saturated heterocycles. The molecule has 2 heterocycles. The molecule has 276 valence electrons. The summed E-state index contributed by atoms with van der Waals surface area (Å²) in [5.41, 5.74) is 0.498. The topological polar surface area (TPSA) is 178 Å². The molecule has 2 aromatic carbocycles. The first-order chi connectivity index (χ1) is 23.6. The Morgan fingerprint density at radius 1 is 1.10 bits per heavy atom. The average molecular weight is 737 g/mol. The van der Waals surface area contributed by atoms with Gasteiger partial charge < -0.3 is 28.7 Å². The van der Waals surface area contributed by atoms with Crippen molar-refractivity contribution in [2.45, 2.75) is 81.9 Å². The Morgan fingerprint density at radius 2 is 1.80 bits per heavy atom. The molecule has 1 aliphatic heterocycles. The highest BCUT2D eigenvalue weighted by Crippen LogP contribution is 2.30. The third-order valence-corrected chi connectivity index (χ3v) is 12.2. The number of aryl methyl sites for hydroxylation is 2. The number of aliphatic hydroxyl groups excluding tert-OH is 1. The number of carbonyl (C=O) groups is 1. The summed E-state index contributed by atoms with van der Waals surface area (Å²) in [6, 6.07) is 9.76. The molecule has 3 aromatic rings. The lowest BCUT2D eigenvalue weighted by atomic mass is 10.0. The zero-order valence-electron chi connectivity index (χ0n) is 29.6. The number of rotatable bonds is 10. The summed E-state index contributed by atoms with van der Waals surface area (Å²) in [4.78, 5) is 15.9. The number of hydrogen-bond acceptors (Lipinski definition) is 11. The van der Waals surface area contributed by atoms with Crippen molar-refractivity contribution < 1.29 is 45.5 Å². The number of fused-ring (bicyclic) bond motifs is 1. The van der Waals surface area contributed by atoms with Gasteiger partial charge in [-0.1, -0.05) is 12.1 Å². The Morgan fingerprint density at radius 3 is 2.42 bits per heavy atom. The SMILES string of the molecule is COc1ccc(S(=O)(=O)Nc2ccc3c(c2)C(=O)N([C@H](C)CO)C[C@@H](C)[C@H](CN(C)S(=O)(=O)c2c(C)noc2C)OCCCC[C@H](C)O3)cc1. The monoisotopic (exact) mass is 736 g/mol. The molecule has 2 N–H and O–H groups in total. The summed E-state index contributed by atoms with van der Waals surface area (Å²) in [5.74, 6) is 0.0500. The number of ether oxygens (including phenoxy) is 3. The molecule has 0 aliphatic carbocycles. The lowest BCUT2D eigenvalue weighted by Gasteiger charge is -2.35. The molecule has 0 radical (unpaired) electrons. The Labute approximate surface area is 294 Å². The van der Waals surface area contributed by atoms with E-state index in [2.05, 4.69) is 9.88 Å². The molecule has 0 spiro atoms. The number of aliphatic hydroxyl groups is 1. The summed E-state index contributed by atoms with van der Waals surface area (Å²) in [7, 11) is -5.06. The van der Waals surface area contributed by atoms with Gasteiger partial charge in [-0.05, 0) is 89.4 Å². The van der Waals surface area contributed by atoms with Gasteiger partial charge in [0.05, 0.1) is 42.4 Å². The molecule has 4 atom stereocenters. The summed E-state index contributed by atoms with van der Waals surface area (Å²) >= 11 is 0.